The van der Waals surface area contributed by atoms with Gasteiger partial charge in [0.1, 0.15) is 5.69 Å². The Bertz CT molecular complexity index is 1170. The Hall–Kier alpha value is -3.19. The van der Waals surface area contributed by atoms with Crippen molar-refractivity contribution in [2.75, 3.05) is 42.1 Å². The van der Waals surface area contributed by atoms with Gasteiger partial charge in [-0.25, -0.2) is 0 Å². The molecule has 2 aliphatic rings. The Kier molecular flexibility index (Phi) is 9.27. The number of nitrogens with zero attached hydrogens (tertiary/aromatic N) is 3. The summed E-state index contributed by atoms with van der Waals surface area (Å²) in [7, 11) is 1.78. The fourth-order valence-electron chi connectivity index (χ4n) is 5.79. The molecule has 0 bridgehead atoms. The van der Waals surface area contributed by atoms with E-state index in [1.165, 1.54) is 18.2 Å². The molecule has 2 aromatic carbocycles. The number of halogens is 6. The van der Waals surface area contributed by atoms with Crippen molar-refractivity contribution in [3.05, 3.63) is 53.6 Å². The molecule has 13 heteroatoms. The van der Waals surface area contributed by atoms with Gasteiger partial charge in [0.05, 0.1) is 11.1 Å². The summed E-state index contributed by atoms with van der Waals surface area (Å²) in [4.78, 5) is 16.8. The highest BCUT2D eigenvalue weighted by atomic mass is 19.4. The van der Waals surface area contributed by atoms with Crippen molar-refractivity contribution in [3.63, 3.8) is 0 Å². The fourth-order valence-corrected chi connectivity index (χ4v) is 5.79. The van der Waals surface area contributed by atoms with Crippen LogP contribution in [-0.4, -0.2) is 53.9 Å². The van der Waals surface area contributed by atoms with Gasteiger partial charge in [-0.1, -0.05) is 0 Å². The van der Waals surface area contributed by atoms with Crippen molar-refractivity contribution in [2.45, 2.75) is 56.9 Å². The maximum Gasteiger partial charge on any atom is 0.418 e. The van der Waals surface area contributed by atoms with E-state index in [1.807, 2.05) is 4.90 Å². The van der Waals surface area contributed by atoms with Crippen molar-refractivity contribution < 1.29 is 41.6 Å². The average Bonchev–Trinajstić information content (AvgIpc) is 2.93. The summed E-state index contributed by atoms with van der Waals surface area (Å²) in [5.41, 5.74) is -1.67. The van der Waals surface area contributed by atoms with E-state index in [-0.39, 0.29) is 29.5 Å². The molecule has 0 radical (unpaired) electrons. The van der Waals surface area contributed by atoms with Gasteiger partial charge in [0.25, 0.3) is 0 Å². The molecule has 0 aromatic heterocycles. The first-order chi connectivity index (χ1) is 19.2. The topological polar surface area (TPSA) is 79.3 Å². The van der Waals surface area contributed by atoms with Crippen molar-refractivity contribution in [2.24, 2.45) is 11.8 Å². The van der Waals surface area contributed by atoms with E-state index in [0.29, 0.717) is 51.0 Å². The van der Waals surface area contributed by atoms with Crippen LogP contribution in [0.5, 0.6) is 0 Å². The number of anilines is 3. The number of piperidine rings is 1. The van der Waals surface area contributed by atoms with E-state index in [2.05, 4.69) is 5.32 Å². The van der Waals surface area contributed by atoms with Gasteiger partial charge in [-0.15, -0.1) is 5.23 Å². The number of carbonyl (C=O) groups excluding carboxylic acids is 1. The molecule has 1 saturated carbocycles. The molecule has 3 N–H and O–H groups in total. The van der Waals surface area contributed by atoms with E-state index in [4.69, 9.17) is 10.4 Å². The first-order valence-corrected chi connectivity index (χ1v) is 13.5. The van der Waals surface area contributed by atoms with Crippen LogP contribution in [-0.2, 0) is 17.1 Å². The summed E-state index contributed by atoms with van der Waals surface area (Å²) in [5.74, 6) is 0.168. The summed E-state index contributed by atoms with van der Waals surface area (Å²) in [6.45, 7) is 1.75. The lowest BCUT2D eigenvalue weighted by Gasteiger charge is -2.36. The molecule has 1 aliphatic carbocycles. The minimum absolute atomic E-state index is 0.0481. The predicted molar refractivity (Wildman–Crippen MR) is 141 cm³/mol. The number of hydrogen-bond acceptors (Lipinski definition) is 6. The van der Waals surface area contributed by atoms with Crippen molar-refractivity contribution in [3.8, 4) is 0 Å². The summed E-state index contributed by atoms with van der Waals surface area (Å²) in [5, 5.41) is 20.8. The minimum atomic E-state index is -4.76. The van der Waals surface area contributed by atoms with Gasteiger partial charge < -0.3 is 15.1 Å². The molecule has 226 valence electrons. The molecule has 0 spiro atoms. The summed E-state index contributed by atoms with van der Waals surface area (Å²) >= 11 is 0. The second-order valence-electron chi connectivity index (χ2n) is 10.9. The summed E-state index contributed by atoms with van der Waals surface area (Å²) in [6.07, 6.45) is -4.88. The van der Waals surface area contributed by atoms with Gasteiger partial charge in [0.15, 0.2) is 0 Å². The molecule has 4 rings (SSSR count). The van der Waals surface area contributed by atoms with Gasteiger partial charge in [-0.05, 0) is 86.9 Å². The van der Waals surface area contributed by atoms with Gasteiger partial charge in [-0.3, -0.25) is 15.2 Å². The van der Waals surface area contributed by atoms with Gasteiger partial charge in [-0.2, -0.15) is 26.3 Å². The molecule has 2 aromatic rings. The number of alkyl halides is 6. The molecule has 41 heavy (non-hydrogen) atoms. The van der Waals surface area contributed by atoms with Crippen LogP contribution in [0.4, 0.5) is 43.4 Å². The molecule has 1 amide bonds. The molecule has 7 nitrogen and oxygen atoms in total. The van der Waals surface area contributed by atoms with Crippen LogP contribution in [0, 0.1) is 11.8 Å². The number of amides is 1. The summed E-state index contributed by atoms with van der Waals surface area (Å²) in [6, 6.07) is 8.23. The number of carbonyl (C=O) groups is 1. The zero-order valence-electron chi connectivity index (χ0n) is 22.5. The quantitative estimate of drug-likeness (QED) is 0.248. The van der Waals surface area contributed by atoms with Gasteiger partial charge >= 0.3 is 12.4 Å². The lowest BCUT2D eigenvalue weighted by Crippen LogP contribution is -2.43. The van der Waals surface area contributed by atoms with Crippen LogP contribution in [0.3, 0.4) is 0 Å². The highest BCUT2D eigenvalue weighted by Crippen LogP contribution is 2.38. The van der Waals surface area contributed by atoms with Crippen LogP contribution in [0.1, 0.15) is 49.7 Å². The SMILES string of the molecule is CN(CC1CCC(Nc2ccc(N(O)O)c(C(F)(F)F)c2)CC1)C(=O)C1CCN(c2ccc(C(F)(F)F)cc2)CC1. The van der Waals surface area contributed by atoms with Crippen LogP contribution in [0.15, 0.2) is 42.5 Å². The Labute approximate surface area is 234 Å². The van der Waals surface area contributed by atoms with Crippen molar-refractivity contribution in [1.82, 2.24) is 4.90 Å². The normalized spacial score (nSPS) is 20.6. The molecular formula is C28H34F6N4O3. The fraction of sp³-hybridized carbons (Fsp3) is 0.536. The standard InChI is InChI=1S/C28H34F6N4O3/c1-36(26(39)19-12-14-37(15-13-19)23-9-4-20(5-10-23)27(29,30)31)17-18-2-6-21(7-3-18)35-22-8-11-25(38(40)41)24(16-22)28(32,33)34/h4-5,8-11,16,18-19,21,35,40-41H,2-3,6-7,12-15,17H2,1H3. The molecule has 1 heterocycles. The monoisotopic (exact) mass is 588 g/mol. The van der Waals surface area contributed by atoms with E-state index >= 15 is 0 Å². The Balaban J connectivity index is 1.22. The van der Waals surface area contributed by atoms with Crippen molar-refractivity contribution in [1.29, 1.82) is 0 Å². The van der Waals surface area contributed by atoms with Crippen molar-refractivity contribution >= 4 is 23.0 Å². The van der Waals surface area contributed by atoms with Crippen LogP contribution in [0.25, 0.3) is 0 Å². The van der Waals surface area contributed by atoms with Crippen LogP contribution >= 0.6 is 0 Å². The largest absolute Gasteiger partial charge is 0.418 e. The molecule has 1 saturated heterocycles. The number of nitrogens with one attached hydrogen (secondary N) is 1. The van der Waals surface area contributed by atoms with Crippen LogP contribution < -0.4 is 15.4 Å². The molecule has 2 fully saturated rings. The third-order valence-corrected chi connectivity index (χ3v) is 8.05. The maximum absolute atomic E-state index is 13.3. The highest BCUT2D eigenvalue weighted by molar-refractivity contribution is 5.79. The van der Waals surface area contributed by atoms with E-state index in [9.17, 15) is 31.1 Å². The lowest BCUT2D eigenvalue weighted by molar-refractivity contribution is -0.139. The van der Waals surface area contributed by atoms with Gasteiger partial charge in [0.2, 0.25) is 5.91 Å². The Morgan fingerprint density at radius 2 is 1.51 bits per heavy atom. The maximum atomic E-state index is 13.3. The number of hydrogen-bond donors (Lipinski definition) is 3. The zero-order valence-corrected chi connectivity index (χ0v) is 22.5. The van der Waals surface area contributed by atoms with Crippen LogP contribution in [0.2, 0.25) is 0 Å². The second kappa shape index (κ2) is 12.4. The van der Waals surface area contributed by atoms with E-state index in [1.54, 1.807) is 11.9 Å². The first kappa shape index (κ1) is 30.8. The Morgan fingerprint density at radius 3 is 2.05 bits per heavy atom. The Morgan fingerprint density at radius 1 is 0.902 bits per heavy atom. The number of rotatable bonds is 7. The van der Waals surface area contributed by atoms with E-state index < -0.39 is 34.4 Å². The average molecular weight is 589 g/mol. The smallest absolute Gasteiger partial charge is 0.382 e. The third-order valence-electron chi connectivity index (χ3n) is 8.05. The second-order valence-corrected chi connectivity index (χ2v) is 10.9. The molecular weight excluding hydrogens is 554 g/mol. The molecule has 0 unspecified atom stereocenters. The summed E-state index contributed by atoms with van der Waals surface area (Å²) < 4.78 is 78.5. The zero-order chi connectivity index (χ0) is 29.9. The van der Waals surface area contributed by atoms with Gasteiger partial charge in [0, 0.05) is 50.0 Å². The first-order valence-electron chi connectivity index (χ1n) is 13.5. The number of benzene rings is 2. The third kappa shape index (κ3) is 7.76. The predicted octanol–water partition coefficient (Wildman–Crippen LogP) is 6.65. The minimum Gasteiger partial charge on any atom is -0.382 e. The lowest BCUT2D eigenvalue weighted by atomic mass is 9.85. The van der Waals surface area contributed by atoms with E-state index in [0.717, 1.165) is 37.1 Å². The molecule has 0 atom stereocenters. The molecule has 1 aliphatic heterocycles. The highest BCUT2D eigenvalue weighted by Gasteiger charge is 2.36.